The van der Waals surface area contributed by atoms with E-state index in [9.17, 15) is 4.39 Å². The van der Waals surface area contributed by atoms with Crippen molar-refractivity contribution in [1.29, 1.82) is 0 Å². The van der Waals surface area contributed by atoms with Crippen molar-refractivity contribution in [3.63, 3.8) is 0 Å². The lowest BCUT2D eigenvalue weighted by atomic mass is 10.0. The van der Waals surface area contributed by atoms with E-state index in [1.54, 1.807) is 4.68 Å². The normalized spacial score (nSPS) is 22.7. The summed E-state index contributed by atoms with van der Waals surface area (Å²) in [6.07, 6.45) is -0.738. The van der Waals surface area contributed by atoms with Gasteiger partial charge in [-0.3, -0.25) is 0 Å². The largest absolute Gasteiger partial charge is 0.388 e. The van der Waals surface area contributed by atoms with Crippen molar-refractivity contribution in [3.8, 4) is 0 Å². The van der Waals surface area contributed by atoms with Crippen molar-refractivity contribution in [2.45, 2.75) is 25.2 Å². The van der Waals surface area contributed by atoms with E-state index in [0.717, 1.165) is 5.56 Å². The Morgan fingerprint density at radius 1 is 1.35 bits per heavy atom. The highest BCUT2D eigenvalue weighted by Gasteiger charge is 2.34. The average molecular weight is 233 g/mol. The summed E-state index contributed by atoms with van der Waals surface area (Å²) in [7, 11) is 0. The summed E-state index contributed by atoms with van der Waals surface area (Å²) >= 11 is 0. The number of hydrogen-bond donors (Lipinski definition) is 1. The molecule has 1 aromatic carbocycles. The fourth-order valence-electron chi connectivity index (χ4n) is 2.25. The molecule has 4 nitrogen and oxygen atoms in total. The maximum absolute atomic E-state index is 13.8. The minimum Gasteiger partial charge on any atom is -0.388 e. The Hall–Kier alpha value is -1.75. The van der Waals surface area contributed by atoms with Gasteiger partial charge in [0.05, 0.1) is 6.04 Å². The van der Waals surface area contributed by atoms with Gasteiger partial charge in [0.25, 0.3) is 0 Å². The number of aromatic nitrogens is 3. The van der Waals surface area contributed by atoms with Crippen LogP contribution in [0.2, 0.25) is 0 Å². The van der Waals surface area contributed by atoms with Gasteiger partial charge in [-0.1, -0.05) is 30.3 Å². The molecule has 2 aromatic rings. The summed E-state index contributed by atoms with van der Waals surface area (Å²) in [5, 5.41) is 13.1. The lowest BCUT2D eigenvalue weighted by Gasteiger charge is -2.11. The number of aliphatic hydroxyl groups is 1. The van der Waals surface area contributed by atoms with Crippen LogP contribution in [0.15, 0.2) is 30.3 Å². The molecule has 1 aromatic heterocycles. The Morgan fingerprint density at radius 3 is 2.82 bits per heavy atom. The first kappa shape index (κ1) is 10.4. The number of halogens is 1. The fraction of sp³-hybridized carbons (Fsp3) is 0.333. The molecule has 0 radical (unpaired) electrons. The number of benzene rings is 1. The van der Waals surface area contributed by atoms with E-state index in [0.29, 0.717) is 12.2 Å². The van der Waals surface area contributed by atoms with Crippen molar-refractivity contribution < 1.29 is 9.50 Å². The molecule has 0 fully saturated rings. The first-order valence-corrected chi connectivity index (χ1v) is 5.55. The molecule has 0 bridgehead atoms. The third-order valence-electron chi connectivity index (χ3n) is 3.03. The van der Waals surface area contributed by atoms with Crippen LogP contribution in [0, 0.1) is 0 Å². The molecule has 1 aliphatic rings. The van der Waals surface area contributed by atoms with Crippen molar-refractivity contribution >= 4 is 0 Å². The molecule has 5 heteroatoms. The van der Waals surface area contributed by atoms with E-state index >= 15 is 0 Å². The topological polar surface area (TPSA) is 50.9 Å². The molecular formula is C12H12FN3O. The first-order valence-electron chi connectivity index (χ1n) is 5.55. The molecule has 0 amide bonds. The van der Waals surface area contributed by atoms with E-state index in [4.69, 9.17) is 5.11 Å². The Morgan fingerprint density at radius 2 is 2.12 bits per heavy atom. The molecule has 3 rings (SSSR count). The highest BCUT2D eigenvalue weighted by Crippen LogP contribution is 2.38. The zero-order chi connectivity index (χ0) is 11.8. The van der Waals surface area contributed by atoms with Gasteiger partial charge in [0.15, 0.2) is 17.8 Å². The molecule has 1 aliphatic heterocycles. The minimum absolute atomic E-state index is 0.117. The molecule has 0 saturated heterocycles. The van der Waals surface area contributed by atoms with Gasteiger partial charge in [-0.15, -0.1) is 0 Å². The second-order valence-electron chi connectivity index (χ2n) is 4.12. The van der Waals surface area contributed by atoms with Gasteiger partial charge in [-0.2, -0.15) is 5.10 Å². The highest BCUT2D eigenvalue weighted by atomic mass is 19.1. The van der Waals surface area contributed by atoms with E-state index in [-0.39, 0.29) is 18.5 Å². The van der Waals surface area contributed by atoms with Crippen molar-refractivity contribution in [3.05, 3.63) is 47.5 Å². The lowest BCUT2D eigenvalue weighted by Crippen LogP contribution is -2.07. The van der Waals surface area contributed by atoms with E-state index in [1.165, 1.54) is 0 Å². The summed E-state index contributed by atoms with van der Waals surface area (Å²) in [6.45, 7) is -0.256. The zero-order valence-corrected chi connectivity index (χ0v) is 9.12. The number of aliphatic hydroxyl groups excluding tert-OH is 1. The molecule has 0 saturated carbocycles. The van der Waals surface area contributed by atoms with Crippen LogP contribution >= 0.6 is 0 Å². The van der Waals surface area contributed by atoms with Gasteiger partial charge in [0.2, 0.25) is 0 Å². The molecular weight excluding hydrogens is 221 g/mol. The van der Waals surface area contributed by atoms with Crippen molar-refractivity contribution in [2.75, 3.05) is 0 Å². The van der Waals surface area contributed by atoms with Gasteiger partial charge >= 0.3 is 0 Å². The van der Waals surface area contributed by atoms with Crippen LogP contribution < -0.4 is 0 Å². The quantitative estimate of drug-likeness (QED) is 0.860. The summed E-state index contributed by atoms with van der Waals surface area (Å²) < 4.78 is 15.4. The summed E-state index contributed by atoms with van der Waals surface area (Å²) in [5.41, 5.74) is 1.02. The molecule has 0 unspecified atom stereocenters. The van der Waals surface area contributed by atoms with Crippen LogP contribution in [0.25, 0.3) is 0 Å². The summed E-state index contributed by atoms with van der Waals surface area (Å²) in [5.74, 6) is 0.603. The molecule has 2 atom stereocenters. The van der Waals surface area contributed by atoms with Gasteiger partial charge in [0.1, 0.15) is 6.61 Å². The Labute approximate surface area is 97.7 Å². The number of fused-ring (bicyclic) bond motifs is 1. The monoisotopic (exact) mass is 233 g/mol. The third-order valence-corrected chi connectivity index (χ3v) is 3.03. The molecule has 0 spiro atoms. The standard InChI is InChI=1S/C12H12FN3O/c13-9-6-10(8-4-2-1-3-5-8)16-12(9)14-11(7-17)15-16/h1-5,9-10,17H,6-7H2/t9-,10-/m0/s1. The Bertz CT molecular complexity index is 526. The number of alkyl halides is 1. The first-order chi connectivity index (χ1) is 8.29. The van der Waals surface area contributed by atoms with Crippen molar-refractivity contribution in [2.24, 2.45) is 0 Å². The van der Waals surface area contributed by atoms with Crippen LogP contribution in [0.4, 0.5) is 4.39 Å². The van der Waals surface area contributed by atoms with Gasteiger partial charge in [-0.25, -0.2) is 14.1 Å². The minimum atomic E-state index is -1.10. The zero-order valence-electron chi connectivity index (χ0n) is 9.12. The second-order valence-corrected chi connectivity index (χ2v) is 4.12. The van der Waals surface area contributed by atoms with E-state index in [2.05, 4.69) is 10.1 Å². The lowest BCUT2D eigenvalue weighted by molar-refractivity contribution is 0.267. The molecule has 17 heavy (non-hydrogen) atoms. The van der Waals surface area contributed by atoms with Crippen LogP contribution in [0.1, 0.15) is 35.8 Å². The smallest absolute Gasteiger partial charge is 0.176 e. The SMILES string of the molecule is OCc1nc2n(n1)[C@H](c1ccccc1)C[C@@H]2F. The molecule has 1 N–H and O–H groups in total. The van der Waals surface area contributed by atoms with Crippen LogP contribution in [-0.4, -0.2) is 19.9 Å². The Kier molecular flexibility index (Phi) is 2.40. The number of rotatable bonds is 2. The van der Waals surface area contributed by atoms with E-state index < -0.39 is 6.17 Å². The van der Waals surface area contributed by atoms with Crippen LogP contribution in [-0.2, 0) is 6.61 Å². The Balaban J connectivity index is 2.03. The number of nitrogens with zero attached hydrogens (tertiary/aromatic N) is 3. The number of hydrogen-bond acceptors (Lipinski definition) is 3. The predicted molar refractivity (Wildman–Crippen MR) is 59.0 cm³/mol. The predicted octanol–water partition coefficient (Wildman–Crippen LogP) is 1.77. The summed E-state index contributed by atoms with van der Waals surface area (Å²) in [4.78, 5) is 3.99. The molecule has 2 heterocycles. The summed E-state index contributed by atoms with van der Waals surface area (Å²) in [6, 6.07) is 9.55. The van der Waals surface area contributed by atoms with Gasteiger partial charge in [0, 0.05) is 6.42 Å². The van der Waals surface area contributed by atoms with Crippen LogP contribution in [0.3, 0.4) is 0 Å². The average Bonchev–Trinajstić information content (AvgIpc) is 2.91. The second kappa shape index (κ2) is 3.92. The maximum Gasteiger partial charge on any atom is 0.176 e. The fourth-order valence-corrected chi connectivity index (χ4v) is 2.25. The van der Waals surface area contributed by atoms with E-state index in [1.807, 2.05) is 30.3 Å². The van der Waals surface area contributed by atoms with Gasteiger partial charge < -0.3 is 5.11 Å². The molecule has 88 valence electrons. The third kappa shape index (κ3) is 1.63. The molecule has 0 aliphatic carbocycles. The van der Waals surface area contributed by atoms with Gasteiger partial charge in [-0.05, 0) is 5.56 Å². The maximum atomic E-state index is 13.8. The van der Waals surface area contributed by atoms with Crippen molar-refractivity contribution in [1.82, 2.24) is 14.8 Å². The highest BCUT2D eigenvalue weighted by molar-refractivity contribution is 5.23. The van der Waals surface area contributed by atoms with Crippen LogP contribution in [0.5, 0.6) is 0 Å².